The van der Waals surface area contributed by atoms with Crippen LogP contribution >= 0.6 is 0 Å². The normalized spacial score (nSPS) is 18.6. The van der Waals surface area contributed by atoms with Crippen LogP contribution in [0, 0.1) is 5.92 Å². The summed E-state index contributed by atoms with van der Waals surface area (Å²) >= 11 is 0. The predicted octanol–water partition coefficient (Wildman–Crippen LogP) is 0.478. The molecule has 1 aliphatic rings. The lowest BCUT2D eigenvalue weighted by atomic mass is 9.93. The molecule has 0 radical (unpaired) electrons. The molecule has 0 spiro atoms. The molecule has 1 aromatic rings. The summed E-state index contributed by atoms with van der Waals surface area (Å²) in [6.07, 6.45) is 3.27. The number of amides is 1. The van der Waals surface area contributed by atoms with E-state index < -0.39 is 21.5 Å². The number of aliphatic carboxylic acids is 1. The molecule has 1 atom stereocenters. The topological polar surface area (TPSA) is 126 Å². The number of nitrogens with zero attached hydrogens (tertiary/aromatic N) is 2. The summed E-state index contributed by atoms with van der Waals surface area (Å²) in [5.74, 6) is -1.70. The molecule has 1 fully saturated rings. The second-order valence-corrected chi connectivity index (χ2v) is 8.86. The molecule has 2 heterocycles. The van der Waals surface area contributed by atoms with Crippen molar-refractivity contribution in [3.63, 3.8) is 0 Å². The number of ether oxygens (including phenoxy) is 1. The molecule has 1 aliphatic heterocycles. The molecule has 150 valence electrons. The van der Waals surface area contributed by atoms with Gasteiger partial charge in [-0.1, -0.05) is 0 Å². The number of aromatic nitrogens is 1. The third-order valence-electron chi connectivity index (χ3n) is 4.53. The summed E-state index contributed by atoms with van der Waals surface area (Å²) in [7, 11) is -2.19. The van der Waals surface area contributed by atoms with Crippen molar-refractivity contribution in [3.8, 4) is 0 Å². The Balaban J connectivity index is 1.98. The summed E-state index contributed by atoms with van der Waals surface area (Å²) in [6, 6.07) is 3.05. The molecule has 10 heteroatoms. The Morgan fingerprint density at radius 2 is 2.07 bits per heavy atom. The second-order valence-electron chi connectivity index (χ2n) is 6.92. The lowest BCUT2D eigenvalue weighted by Crippen LogP contribution is -2.53. The van der Waals surface area contributed by atoms with Crippen LogP contribution in [0.4, 0.5) is 0 Å². The Morgan fingerprint density at radius 3 is 2.59 bits per heavy atom. The number of pyridine rings is 1. The first kappa shape index (κ1) is 21.3. The minimum absolute atomic E-state index is 0.0687. The van der Waals surface area contributed by atoms with Gasteiger partial charge in [-0.05, 0) is 31.9 Å². The van der Waals surface area contributed by atoms with E-state index in [-0.39, 0.29) is 42.8 Å². The molecular weight excluding hydrogens is 374 g/mol. The number of carbonyl (C=O) groups is 2. The molecule has 2 N–H and O–H groups in total. The van der Waals surface area contributed by atoms with Gasteiger partial charge in [0.25, 0.3) is 0 Å². The highest BCUT2D eigenvalue weighted by Gasteiger charge is 2.36. The monoisotopic (exact) mass is 399 g/mol. The fraction of sp³-hybridized carbons (Fsp3) is 0.588. The summed E-state index contributed by atoms with van der Waals surface area (Å²) in [6.45, 7) is 2.12. The average molecular weight is 399 g/mol. The molecule has 0 aliphatic carbocycles. The van der Waals surface area contributed by atoms with Gasteiger partial charge < -0.3 is 15.2 Å². The van der Waals surface area contributed by atoms with Gasteiger partial charge in [0.15, 0.2) is 0 Å². The van der Waals surface area contributed by atoms with Crippen LogP contribution in [0.1, 0.15) is 26.2 Å². The van der Waals surface area contributed by atoms with Crippen LogP contribution in [0.5, 0.6) is 0 Å². The van der Waals surface area contributed by atoms with Gasteiger partial charge in [0.05, 0.1) is 18.6 Å². The van der Waals surface area contributed by atoms with E-state index in [9.17, 15) is 18.0 Å². The van der Waals surface area contributed by atoms with Gasteiger partial charge >= 0.3 is 5.97 Å². The molecule has 1 aromatic heterocycles. The van der Waals surface area contributed by atoms with Crippen molar-refractivity contribution >= 4 is 21.9 Å². The maximum atomic E-state index is 12.6. The highest BCUT2D eigenvalue weighted by atomic mass is 32.2. The lowest BCUT2D eigenvalue weighted by molar-refractivity contribution is -0.140. The summed E-state index contributed by atoms with van der Waals surface area (Å²) in [4.78, 5) is 27.6. The van der Waals surface area contributed by atoms with Crippen molar-refractivity contribution in [3.05, 3.63) is 24.5 Å². The van der Waals surface area contributed by atoms with Crippen LogP contribution in [0.25, 0.3) is 0 Å². The standard InChI is InChI=1S/C17H25N3O6S/c1-17(12-26-2,10-15(21)22)19-16(23)13-5-8-20(9-6-13)27(24,25)14-4-3-7-18-11-14/h3-4,7,11,13H,5-6,8-10,12H2,1-2H3,(H,19,23)(H,21,22). The first-order valence-electron chi connectivity index (χ1n) is 8.61. The third-order valence-corrected chi connectivity index (χ3v) is 6.41. The zero-order chi connectivity index (χ0) is 20.1. The van der Waals surface area contributed by atoms with Crippen molar-refractivity contribution in [2.45, 2.75) is 36.6 Å². The number of carboxylic acids is 1. The number of piperidine rings is 1. The van der Waals surface area contributed by atoms with Gasteiger partial charge in [0.1, 0.15) is 4.90 Å². The Morgan fingerprint density at radius 1 is 1.41 bits per heavy atom. The smallest absolute Gasteiger partial charge is 0.305 e. The zero-order valence-corrected chi connectivity index (χ0v) is 16.2. The number of rotatable bonds is 8. The first-order chi connectivity index (χ1) is 12.7. The Bertz CT molecular complexity index is 762. The number of carboxylic acid groups (broad SMARTS) is 1. The van der Waals surface area contributed by atoms with Crippen LogP contribution in [-0.2, 0) is 24.3 Å². The van der Waals surface area contributed by atoms with Gasteiger partial charge in [-0.3, -0.25) is 14.6 Å². The van der Waals surface area contributed by atoms with Crippen LogP contribution in [0.3, 0.4) is 0 Å². The largest absolute Gasteiger partial charge is 0.481 e. The summed E-state index contributed by atoms with van der Waals surface area (Å²) < 4.78 is 31.6. The highest BCUT2D eigenvalue weighted by Crippen LogP contribution is 2.24. The number of carbonyl (C=O) groups excluding carboxylic acids is 1. The molecule has 9 nitrogen and oxygen atoms in total. The van der Waals surface area contributed by atoms with Gasteiger partial charge in [-0.2, -0.15) is 4.31 Å². The van der Waals surface area contributed by atoms with Crippen molar-refractivity contribution in [1.82, 2.24) is 14.6 Å². The third kappa shape index (κ3) is 5.47. The molecule has 1 saturated heterocycles. The zero-order valence-electron chi connectivity index (χ0n) is 15.4. The van der Waals surface area contributed by atoms with E-state index in [1.165, 1.54) is 29.9 Å². The molecule has 1 unspecified atom stereocenters. The van der Waals surface area contributed by atoms with Crippen LogP contribution in [-0.4, -0.2) is 67.0 Å². The van der Waals surface area contributed by atoms with Crippen LogP contribution in [0.2, 0.25) is 0 Å². The summed E-state index contributed by atoms with van der Waals surface area (Å²) in [5, 5.41) is 11.8. The molecule has 27 heavy (non-hydrogen) atoms. The van der Waals surface area contributed by atoms with Gasteiger partial charge in [-0.25, -0.2) is 8.42 Å². The van der Waals surface area contributed by atoms with Crippen molar-refractivity contribution in [2.24, 2.45) is 5.92 Å². The minimum atomic E-state index is -3.63. The highest BCUT2D eigenvalue weighted by molar-refractivity contribution is 7.89. The number of sulfonamides is 1. The Hall–Kier alpha value is -2.04. The van der Waals surface area contributed by atoms with E-state index in [0.29, 0.717) is 12.8 Å². The maximum absolute atomic E-state index is 12.6. The van der Waals surface area contributed by atoms with E-state index >= 15 is 0 Å². The van der Waals surface area contributed by atoms with E-state index in [1.54, 1.807) is 13.0 Å². The second kappa shape index (κ2) is 8.77. The molecule has 1 amide bonds. The minimum Gasteiger partial charge on any atom is -0.481 e. The Kier molecular flexibility index (Phi) is 6.90. The molecule has 2 rings (SSSR count). The Labute approximate surface area is 158 Å². The summed E-state index contributed by atoms with van der Waals surface area (Å²) in [5.41, 5.74) is -1.02. The number of hydrogen-bond donors (Lipinski definition) is 2. The van der Waals surface area contributed by atoms with E-state index in [4.69, 9.17) is 9.84 Å². The fourth-order valence-electron chi connectivity index (χ4n) is 3.19. The van der Waals surface area contributed by atoms with Gasteiger partial charge in [-0.15, -0.1) is 0 Å². The SMILES string of the molecule is COCC(C)(CC(=O)O)NC(=O)C1CCN(S(=O)(=O)c2cccnc2)CC1. The first-order valence-corrected chi connectivity index (χ1v) is 10.0. The van der Waals surface area contributed by atoms with E-state index in [1.807, 2.05) is 0 Å². The lowest BCUT2D eigenvalue weighted by Gasteiger charge is -2.34. The predicted molar refractivity (Wildman–Crippen MR) is 96.4 cm³/mol. The van der Waals surface area contributed by atoms with Crippen molar-refractivity contribution < 1.29 is 27.9 Å². The molecule has 0 saturated carbocycles. The van der Waals surface area contributed by atoms with Gasteiger partial charge in [0, 0.05) is 38.5 Å². The molecule has 0 aromatic carbocycles. The number of methoxy groups -OCH3 is 1. The number of hydrogen-bond acceptors (Lipinski definition) is 6. The van der Waals surface area contributed by atoms with Crippen LogP contribution in [0.15, 0.2) is 29.4 Å². The molecular formula is C17H25N3O6S. The van der Waals surface area contributed by atoms with E-state index in [2.05, 4.69) is 10.3 Å². The van der Waals surface area contributed by atoms with Crippen molar-refractivity contribution in [1.29, 1.82) is 0 Å². The molecule has 0 bridgehead atoms. The maximum Gasteiger partial charge on any atom is 0.305 e. The average Bonchev–Trinajstić information content (AvgIpc) is 2.61. The van der Waals surface area contributed by atoms with Crippen molar-refractivity contribution in [2.75, 3.05) is 26.8 Å². The van der Waals surface area contributed by atoms with Crippen LogP contribution < -0.4 is 5.32 Å². The quantitative estimate of drug-likeness (QED) is 0.651. The van der Waals surface area contributed by atoms with E-state index in [0.717, 1.165) is 0 Å². The fourth-order valence-corrected chi connectivity index (χ4v) is 4.62. The van der Waals surface area contributed by atoms with Gasteiger partial charge in [0.2, 0.25) is 15.9 Å². The number of nitrogens with one attached hydrogen (secondary N) is 1.